The molecule has 2 unspecified atom stereocenters. The average molecular weight is 263 g/mol. The van der Waals surface area contributed by atoms with Crippen LogP contribution in [0.4, 0.5) is 0 Å². The Bertz CT molecular complexity index is 445. The Balaban J connectivity index is 2.02. The summed E-state index contributed by atoms with van der Waals surface area (Å²) in [7, 11) is 1.76. The van der Waals surface area contributed by atoms with E-state index in [1.54, 1.807) is 14.0 Å². The van der Waals surface area contributed by atoms with E-state index in [2.05, 4.69) is 5.16 Å². The van der Waals surface area contributed by atoms with Gasteiger partial charge in [-0.05, 0) is 38.3 Å². The summed E-state index contributed by atoms with van der Waals surface area (Å²) in [6.07, 6.45) is 4.78. The van der Waals surface area contributed by atoms with E-state index in [9.17, 15) is 0 Å². The highest BCUT2D eigenvalue weighted by atomic mass is 16.5. The normalized spacial score (nSPS) is 24.2. The molecule has 4 heteroatoms. The zero-order chi connectivity index (χ0) is 13.7. The fourth-order valence-electron chi connectivity index (χ4n) is 2.47. The molecule has 0 radical (unpaired) electrons. The van der Waals surface area contributed by atoms with Crippen LogP contribution in [0.2, 0.25) is 0 Å². The molecular weight excluding hydrogens is 242 g/mol. The van der Waals surface area contributed by atoms with Crippen LogP contribution in [0.5, 0.6) is 5.75 Å². The summed E-state index contributed by atoms with van der Waals surface area (Å²) >= 11 is 0. The molecule has 4 nitrogen and oxygen atoms in total. The van der Waals surface area contributed by atoms with Crippen molar-refractivity contribution in [1.82, 2.24) is 0 Å². The molecule has 0 heterocycles. The number of methoxy groups -OCH3 is 1. The standard InChI is InChI=1S/C15H21NO3/c1-11(16-17)12-5-3-7-14(9-12)19-15-8-4-6-13(10-15)18-2/h3,5,7,9,13,15,17H,4,6,8,10H2,1-2H3. The van der Waals surface area contributed by atoms with Gasteiger partial charge in [0.25, 0.3) is 0 Å². The summed E-state index contributed by atoms with van der Waals surface area (Å²) in [5.74, 6) is 0.822. The van der Waals surface area contributed by atoms with Crippen LogP contribution in [-0.2, 0) is 4.74 Å². The van der Waals surface area contributed by atoms with Crippen LogP contribution in [0, 0.1) is 0 Å². The number of nitrogens with zero attached hydrogens (tertiary/aromatic N) is 1. The van der Waals surface area contributed by atoms with Gasteiger partial charge in [0.15, 0.2) is 0 Å². The van der Waals surface area contributed by atoms with Crippen LogP contribution >= 0.6 is 0 Å². The number of hydrogen-bond donors (Lipinski definition) is 1. The maximum atomic E-state index is 8.80. The molecule has 2 rings (SSSR count). The van der Waals surface area contributed by atoms with Gasteiger partial charge in [-0.1, -0.05) is 17.3 Å². The number of hydrogen-bond acceptors (Lipinski definition) is 4. The van der Waals surface area contributed by atoms with Crippen LogP contribution in [0.25, 0.3) is 0 Å². The second-order valence-corrected chi connectivity index (χ2v) is 4.98. The summed E-state index contributed by atoms with van der Waals surface area (Å²) in [6, 6.07) is 7.66. The highest BCUT2D eigenvalue weighted by molar-refractivity contribution is 5.98. The lowest BCUT2D eigenvalue weighted by Crippen LogP contribution is -2.29. The first-order valence-corrected chi connectivity index (χ1v) is 6.71. The van der Waals surface area contributed by atoms with E-state index in [-0.39, 0.29) is 6.10 Å². The van der Waals surface area contributed by atoms with Gasteiger partial charge in [-0.15, -0.1) is 0 Å². The SMILES string of the molecule is COC1CCCC(Oc2cccc(C(C)=NO)c2)C1. The fraction of sp³-hybridized carbons (Fsp3) is 0.533. The van der Waals surface area contributed by atoms with E-state index >= 15 is 0 Å². The average Bonchev–Trinajstić information content (AvgIpc) is 2.47. The lowest BCUT2D eigenvalue weighted by molar-refractivity contribution is 0.0210. The van der Waals surface area contributed by atoms with Crippen LogP contribution in [-0.4, -0.2) is 30.2 Å². The quantitative estimate of drug-likeness (QED) is 0.515. The van der Waals surface area contributed by atoms with Crippen molar-refractivity contribution in [1.29, 1.82) is 0 Å². The number of rotatable bonds is 4. The molecule has 0 aromatic heterocycles. The smallest absolute Gasteiger partial charge is 0.120 e. The Labute approximate surface area is 114 Å². The molecular formula is C15H21NO3. The van der Waals surface area contributed by atoms with Gasteiger partial charge in [-0.2, -0.15) is 0 Å². The number of benzene rings is 1. The van der Waals surface area contributed by atoms with Gasteiger partial charge < -0.3 is 14.7 Å². The predicted octanol–water partition coefficient (Wildman–Crippen LogP) is 3.22. The van der Waals surface area contributed by atoms with E-state index in [1.165, 1.54) is 0 Å². The second-order valence-electron chi connectivity index (χ2n) is 4.98. The molecule has 0 aliphatic heterocycles. The number of oxime groups is 1. The molecule has 0 amide bonds. The molecule has 2 atom stereocenters. The van der Waals surface area contributed by atoms with Gasteiger partial charge in [0.2, 0.25) is 0 Å². The molecule has 1 aromatic carbocycles. The zero-order valence-corrected chi connectivity index (χ0v) is 11.5. The van der Waals surface area contributed by atoms with E-state index in [0.717, 1.165) is 37.0 Å². The Hall–Kier alpha value is -1.55. The molecule has 1 aliphatic carbocycles. The van der Waals surface area contributed by atoms with Crippen molar-refractivity contribution < 1.29 is 14.7 Å². The van der Waals surface area contributed by atoms with Crippen LogP contribution in [0.1, 0.15) is 38.2 Å². The largest absolute Gasteiger partial charge is 0.490 e. The maximum Gasteiger partial charge on any atom is 0.120 e. The first kappa shape index (κ1) is 13.9. The van der Waals surface area contributed by atoms with Gasteiger partial charge in [0.1, 0.15) is 11.9 Å². The summed E-state index contributed by atoms with van der Waals surface area (Å²) in [5.41, 5.74) is 1.46. The third-order valence-electron chi connectivity index (χ3n) is 3.62. The highest BCUT2D eigenvalue weighted by Crippen LogP contribution is 2.25. The maximum absolute atomic E-state index is 8.80. The molecule has 0 spiro atoms. The van der Waals surface area contributed by atoms with Crippen molar-refractivity contribution >= 4 is 5.71 Å². The minimum Gasteiger partial charge on any atom is -0.490 e. The highest BCUT2D eigenvalue weighted by Gasteiger charge is 2.23. The van der Waals surface area contributed by atoms with Gasteiger partial charge in [0.05, 0.1) is 11.8 Å². The third kappa shape index (κ3) is 3.70. The van der Waals surface area contributed by atoms with Crippen molar-refractivity contribution in [3.05, 3.63) is 29.8 Å². The van der Waals surface area contributed by atoms with E-state index in [0.29, 0.717) is 11.8 Å². The van der Waals surface area contributed by atoms with E-state index in [4.69, 9.17) is 14.7 Å². The van der Waals surface area contributed by atoms with Crippen molar-refractivity contribution in [2.45, 2.75) is 44.8 Å². The molecule has 1 aromatic rings. The Morgan fingerprint density at radius 3 is 2.84 bits per heavy atom. The lowest BCUT2D eigenvalue weighted by Gasteiger charge is -2.28. The molecule has 1 saturated carbocycles. The minimum absolute atomic E-state index is 0.209. The Morgan fingerprint density at radius 1 is 1.32 bits per heavy atom. The second kappa shape index (κ2) is 6.57. The molecule has 104 valence electrons. The number of ether oxygens (including phenoxy) is 2. The van der Waals surface area contributed by atoms with Gasteiger partial charge >= 0.3 is 0 Å². The van der Waals surface area contributed by atoms with E-state index in [1.807, 2.05) is 24.3 Å². The summed E-state index contributed by atoms with van der Waals surface area (Å²) in [4.78, 5) is 0. The van der Waals surface area contributed by atoms with Crippen molar-refractivity contribution in [3.8, 4) is 5.75 Å². The monoisotopic (exact) mass is 263 g/mol. The minimum atomic E-state index is 0.209. The first-order chi connectivity index (χ1) is 9.22. The molecule has 1 fully saturated rings. The molecule has 1 aliphatic rings. The summed E-state index contributed by atoms with van der Waals surface area (Å²) < 4.78 is 11.4. The topological polar surface area (TPSA) is 51.0 Å². The van der Waals surface area contributed by atoms with Crippen LogP contribution in [0.3, 0.4) is 0 Å². The molecule has 19 heavy (non-hydrogen) atoms. The van der Waals surface area contributed by atoms with Crippen molar-refractivity contribution in [3.63, 3.8) is 0 Å². The Kier molecular flexibility index (Phi) is 4.80. The predicted molar refractivity (Wildman–Crippen MR) is 74.1 cm³/mol. The summed E-state index contributed by atoms with van der Waals surface area (Å²) in [5, 5.41) is 12.0. The van der Waals surface area contributed by atoms with Crippen LogP contribution < -0.4 is 4.74 Å². The van der Waals surface area contributed by atoms with Gasteiger partial charge in [-0.25, -0.2) is 0 Å². The lowest BCUT2D eigenvalue weighted by atomic mass is 9.95. The first-order valence-electron chi connectivity index (χ1n) is 6.71. The molecule has 0 saturated heterocycles. The van der Waals surface area contributed by atoms with Crippen molar-refractivity contribution in [2.24, 2.45) is 5.16 Å². The summed E-state index contributed by atoms with van der Waals surface area (Å²) in [6.45, 7) is 1.76. The van der Waals surface area contributed by atoms with Crippen molar-refractivity contribution in [2.75, 3.05) is 7.11 Å². The molecule has 0 bridgehead atoms. The third-order valence-corrected chi connectivity index (χ3v) is 3.62. The van der Waals surface area contributed by atoms with Gasteiger partial charge in [0, 0.05) is 19.1 Å². The Morgan fingerprint density at radius 2 is 2.11 bits per heavy atom. The molecule has 1 N–H and O–H groups in total. The zero-order valence-electron chi connectivity index (χ0n) is 11.5. The van der Waals surface area contributed by atoms with Gasteiger partial charge in [-0.3, -0.25) is 0 Å². The fourth-order valence-corrected chi connectivity index (χ4v) is 2.47. The van der Waals surface area contributed by atoms with E-state index < -0.39 is 0 Å². The van der Waals surface area contributed by atoms with Crippen LogP contribution in [0.15, 0.2) is 29.4 Å².